The molecular formula is C29H39N3O3. The molecule has 2 aromatic carbocycles. The third-order valence-corrected chi connectivity index (χ3v) is 6.73. The summed E-state index contributed by atoms with van der Waals surface area (Å²) in [7, 11) is 0. The van der Waals surface area contributed by atoms with Gasteiger partial charge >= 0.3 is 0 Å². The van der Waals surface area contributed by atoms with E-state index in [1.807, 2.05) is 36.7 Å². The van der Waals surface area contributed by atoms with Gasteiger partial charge in [0.15, 0.2) is 0 Å². The summed E-state index contributed by atoms with van der Waals surface area (Å²) in [5.41, 5.74) is 1.69. The molecule has 35 heavy (non-hydrogen) atoms. The fraction of sp³-hybridized carbons (Fsp3) is 0.483. The summed E-state index contributed by atoms with van der Waals surface area (Å²) < 4.78 is 14.0. The number of nitrogens with zero attached hydrogens (tertiary/aromatic N) is 3. The van der Waals surface area contributed by atoms with Crippen molar-refractivity contribution in [3.8, 4) is 11.5 Å². The predicted molar refractivity (Wildman–Crippen MR) is 139 cm³/mol. The Morgan fingerprint density at radius 2 is 1.69 bits per heavy atom. The number of aryl methyl sites for hydroxylation is 1. The molecule has 1 aliphatic rings. The number of likely N-dealkylation sites (tertiary alicyclic amines) is 1. The Morgan fingerprint density at radius 1 is 0.971 bits per heavy atom. The van der Waals surface area contributed by atoms with E-state index in [9.17, 15) is 5.11 Å². The number of benzene rings is 2. The largest absolute Gasteiger partial charge is 0.492 e. The van der Waals surface area contributed by atoms with E-state index in [0.717, 1.165) is 56.3 Å². The lowest BCUT2D eigenvalue weighted by Gasteiger charge is -2.27. The Labute approximate surface area is 209 Å². The molecule has 1 fully saturated rings. The van der Waals surface area contributed by atoms with Gasteiger partial charge in [0.25, 0.3) is 0 Å². The van der Waals surface area contributed by atoms with E-state index >= 15 is 0 Å². The Balaban J connectivity index is 1.22. The van der Waals surface area contributed by atoms with Crippen LogP contribution in [0.2, 0.25) is 0 Å². The number of aromatic nitrogens is 2. The smallest absolute Gasteiger partial charge is 0.119 e. The zero-order valence-electron chi connectivity index (χ0n) is 21.3. The molecule has 1 aliphatic heterocycles. The molecule has 1 saturated heterocycles. The van der Waals surface area contributed by atoms with Crippen LogP contribution in [0.25, 0.3) is 0 Å². The van der Waals surface area contributed by atoms with Gasteiger partial charge in [-0.3, -0.25) is 4.90 Å². The number of hydrogen-bond donors (Lipinski definition) is 1. The number of ether oxygens (including phenoxy) is 2. The van der Waals surface area contributed by atoms with Crippen molar-refractivity contribution in [2.24, 2.45) is 0 Å². The van der Waals surface area contributed by atoms with Crippen LogP contribution >= 0.6 is 0 Å². The van der Waals surface area contributed by atoms with Crippen molar-refractivity contribution >= 4 is 0 Å². The predicted octanol–water partition coefficient (Wildman–Crippen LogP) is 5.19. The molecule has 4 rings (SSSR count). The zero-order chi connectivity index (χ0) is 24.7. The lowest BCUT2D eigenvalue weighted by Crippen LogP contribution is -2.37. The molecule has 6 heteroatoms. The second-order valence-electron chi connectivity index (χ2n) is 10.1. The molecule has 2 heterocycles. The maximum absolute atomic E-state index is 11.1. The molecule has 0 radical (unpaired) electrons. The number of rotatable bonds is 10. The summed E-state index contributed by atoms with van der Waals surface area (Å²) in [6.07, 6.45) is 6.30. The molecule has 6 nitrogen and oxygen atoms in total. The van der Waals surface area contributed by atoms with Gasteiger partial charge in [0.1, 0.15) is 30.5 Å². The summed E-state index contributed by atoms with van der Waals surface area (Å²) in [6, 6.07) is 16.4. The molecule has 1 N–H and O–H groups in total. The number of hydrogen-bond acceptors (Lipinski definition) is 5. The van der Waals surface area contributed by atoms with Crippen LogP contribution in [0.1, 0.15) is 56.0 Å². The van der Waals surface area contributed by atoms with Crippen LogP contribution in [0.4, 0.5) is 0 Å². The third-order valence-electron chi connectivity index (χ3n) is 6.73. The van der Waals surface area contributed by atoms with Crippen molar-refractivity contribution in [2.75, 3.05) is 26.3 Å². The first-order valence-corrected chi connectivity index (χ1v) is 12.8. The third kappa shape index (κ3) is 7.33. The topological polar surface area (TPSA) is 59.8 Å². The van der Waals surface area contributed by atoms with Gasteiger partial charge in [-0.25, -0.2) is 4.98 Å². The zero-order valence-corrected chi connectivity index (χ0v) is 21.3. The standard InChI is InChI=1S/C29H39N3O3/c1-23(2)28-30-15-18-32(28)19-20-34-26-11-7-25(8-12-26)21-31-16-4-13-29(33,14-17-31)22-35-27-9-5-24(3)6-10-27/h5-12,15,18,23,33H,4,13-14,16-17,19-22H2,1-3H3. The number of imidazole rings is 1. The van der Waals surface area contributed by atoms with Gasteiger partial charge in [0.2, 0.25) is 0 Å². The van der Waals surface area contributed by atoms with Crippen molar-refractivity contribution in [1.29, 1.82) is 0 Å². The van der Waals surface area contributed by atoms with Crippen molar-refractivity contribution < 1.29 is 14.6 Å². The van der Waals surface area contributed by atoms with E-state index in [1.165, 1.54) is 11.1 Å². The molecule has 0 bridgehead atoms. The Kier molecular flexibility index (Phi) is 8.47. The first-order chi connectivity index (χ1) is 16.9. The van der Waals surface area contributed by atoms with Crippen LogP contribution in [-0.2, 0) is 13.1 Å². The van der Waals surface area contributed by atoms with Crippen molar-refractivity contribution in [3.63, 3.8) is 0 Å². The molecule has 1 unspecified atom stereocenters. The summed E-state index contributed by atoms with van der Waals surface area (Å²) in [5.74, 6) is 3.20. The average Bonchev–Trinajstić information content (AvgIpc) is 3.24. The van der Waals surface area contributed by atoms with Crippen LogP contribution in [-0.4, -0.2) is 51.5 Å². The molecule has 1 aromatic heterocycles. The van der Waals surface area contributed by atoms with E-state index in [-0.39, 0.29) is 0 Å². The van der Waals surface area contributed by atoms with E-state index in [4.69, 9.17) is 9.47 Å². The van der Waals surface area contributed by atoms with E-state index in [1.54, 1.807) is 0 Å². The molecule has 1 atom stereocenters. The highest BCUT2D eigenvalue weighted by Crippen LogP contribution is 2.25. The van der Waals surface area contributed by atoms with Crippen LogP contribution in [0.5, 0.6) is 11.5 Å². The quantitative estimate of drug-likeness (QED) is 0.435. The maximum atomic E-state index is 11.1. The minimum absolute atomic E-state index is 0.341. The molecule has 188 valence electrons. The Hall–Kier alpha value is -2.83. The molecule has 0 spiro atoms. The van der Waals surface area contributed by atoms with Crippen molar-refractivity contribution in [2.45, 2.75) is 64.6 Å². The van der Waals surface area contributed by atoms with Crippen LogP contribution < -0.4 is 9.47 Å². The second-order valence-corrected chi connectivity index (χ2v) is 10.1. The monoisotopic (exact) mass is 477 g/mol. The summed E-state index contributed by atoms with van der Waals surface area (Å²) in [6.45, 7) is 10.8. The molecular weight excluding hydrogens is 438 g/mol. The van der Waals surface area contributed by atoms with Gasteiger partial charge in [0.05, 0.1) is 12.1 Å². The summed E-state index contributed by atoms with van der Waals surface area (Å²) in [5, 5.41) is 11.1. The van der Waals surface area contributed by atoms with Gasteiger partial charge in [-0.1, -0.05) is 43.7 Å². The van der Waals surface area contributed by atoms with Crippen LogP contribution in [0.3, 0.4) is 0 Å². The van der Waals surface area contributed by atoms with Crippen LogP contribution in [0, 0.1) is 6.92 Å². The highest BCUT2D eigenvalue weighted by atomic mass is 16.5. The van der Waals surface area contributed by atoms with Crippen molar-refractivity contribution in [1.82, 2.24) is 14.5 Å². The van der Waals surface area contributed by atoms with E-state index in [2.05, 4.69) is 59.5 Å². The highest BCUT2D eigenvalue weighted by molar-refractivity contribution is 5.27. The molecule has 0 amide bonds. The Bertz CT molecular complexity index is 1050. The minimum atomic E-state index is -0.776. The lowest BCUT2D eigenvalue weighted by molar-refractivity contribution is -0.0168. The Morgan fingerprint density at radius 3 is 2.43 bits per heavy atom. The van der Waals surface area contributed by atoms with Crippen LogP contribution in [0.15, 0.2) is 60.9 Å². The maximum Gasteiger partial charge on any atom is 0.119 e. The summed E-state index contributed by atoms with van der Waals surface area (Å²) >= 11 is 0. The SMILES string of the molecule is Cc1ccc(OCC2(O)CCCN(Cc3ccc(OCCn4ccnc4C(C)C)cc3)CC2)cc1. The molecule has 0 saturated carbocycles. The first kappa shape index (κ1) is 25.3. The fourth-order valence-corrected chi connectivity index (χ4v) is 4.61. The molecule has 3 aromatic rings. The second kappa shape index (κ2) is 11.7. The first-order valence-electron chi connectivity index (χ1n) is 12.8. The van der Waals surface area contributed by atoms with Gasteiger partial charge in [-0.05, 0) is 62.6 Å². The van der Waals surface area contributed by atoms with Crippen molar-refractivity contribution in [3.05, 3.63) is 77.9 Å². The average molecular weight is 478 g/mol. The minimum Gasteiger partial charge on any atom is -0.492 e. The van der Waals surface area contributed by atoms with E-state index in [0.29, 0.717) is 25.6 Å². The molecule has 0 aliphatic carbocycles. The van der Waals surface area contributed by atoms with Gasteiger partial charge in [0, 0.05) is 31.4 Å². The normalized spacial score (nSPS) is 19.0. The van der Waals surface area contributed by atoms with Gasteiger partial charge in [-0.15, -0.1) is 0 Å². The van der Waals surface area contributed by atoms with Gasteiger partial charge < -0.3 is 19.1 Å². The highest BCUT2D eigenvalue weighted by Gasteiger charge is 2.31. The summed E-state index contributed by atoms with van der Waals surface area (Å²) in [4.78, 5) is 6.85. The van der Waals surface area contributed by atoms with E-state index < -0.39 is 5.60 Å². The fourth-order valence-electron chi connectivity index (χ4n) is 4.61. The van der Waals surface area contributed by atoms with Gasteiger partial charge in [-0.2, -0.15) is 0 Å². The lowest BCUT2D eigenvalue weighted by atomic mass is 9.96. The number of aliphatic hydroxyl groups is 1.